The number of alkyl halides is 3. The van der Waals surface area contributed by atoms with E-state index in [1.165, 1.54) is 6.07 Å². The Labute approximate surface area is 141 Å². The second-order valence-corrected chi connectivity index (χ2v) is 5.43. The van der Waals surface area contributed by atoms with Gasteiger partial charge in [-0.3, -0.25) is 4.79 Å². The number of carbonyl (C=O) groups excluding carboxylic acids is 1. The quantitative estimate of drug-likeness (QED) is 0.780. The number of hydrogen-bond donors (Lipinski definition) is 2. The van der Waals surface area contributed by atoms with Crippen molar-refractivity contribution < 1.29 is 18.0 Å². The molecule has 132 valence electrons. The van der Waals surface area contributed by atoms with Crippen LogP contribution in [0.15, 0.2) is 24.3 Å². The van der Waals surface area contributed by atoms with E-state index in [-0.39, 0.29) is 24.2 Å². The zero-order valence-corrected chi connectivity index (χ0v) is 14.4. The molecule has 0 aliphatic carbocycles. The van der Waals surface area contributed by atoms with Gasteiger partial charge in [-0.2, -0.15) is 13.2 Å². The third-order valence-electron chi connectivity index (χ3n) is 3.47. The second kappa shape index (κ2) is 9.78. The summed E-state index contributed by atoms with van der Waals surface area (Å²) in [5.41, 5.74) is -0.203. The Kier molecular flexibility index (Phi) is 9.24. The average molecular weight is 353 g/mol. The molecule has 0 saturated carbocycles. The van der Waals surface area contributed by atoms with Crippen molar-refractivity contribution in [3.63, 3.8) is 0 Å². The zero-order valence-electron chi connectivity index (χ0n) is 13.5. The highest BCUT2D eigenvalue weighted by molar-refractivity contribution is 5.85. The SMILES string of the molecule is CCCC(NC(=O)C(C)CNC)c1cccc(C(F)(F)F)c1.Cl. The van der Waals surface area contributed by atoms with Crippen LogP contribution in [0.25, 0.3) is 0 Å². The van der Waals surface area contributed by atoms with Crippen molar-refractivity contribution >= 4 is 18.3 Å². The summed E-state index contributed by atoms with van der Waals surface area (Å²) in [6.45, 7) is 4.23. The van der Waals surface area contributed by atoms with Gasteiger partial charge in [0, 0.05) is 12.5 Å². The summed E-state index contributed by atoms with van der Waals surface area (Å²) in [4.78, 5) is 12.1. The molecule has 23 heavy (non-hydrogen) atoms. The number of hydrogen-bond acceptors (Lipinski definition) is 2. The van der Waals surface area contributed by atoms with Crippen molar-refractivity contribution in [3.05, 3.63) is 35.4 Å². The van der Waals surface area contributed by atoms with Crippen molar-refractivity contribution in [3.8, 4) is 0 Å². The molecule has 0 radical (unpaired) electrons. The fraction of sp³-hybridized carbons (Fsp3) is 0.562. The van der Waals surface area contributed by atoms with Crippen molar-refractivity contribution in [2.45, 2.75) is 38.9 Å². The second-order valence-electron chi connectivity index (χ2n) is 5.43. The summed E-state index contributed by atoms with van der Waals surface area (Å²) in [6, 6.07) is 4.75. The van der Waals surface area contributed by atoms with Crippen LogP contribution >= 0.6 is 12.4 Å². The largest absolute Gasteiger partial charge is 0.416 e. The standard InChI is InChI=1S/C16H23F3N2O.ClH/c1-4-6-14(21-15(22)11(2)10-20-3)12-7-5-8-13(9-12)16(17,18)19;/h5,7-9,11,14,20H,4,6,10H2,1-3H3,(H,21,22);1H. The van der Waals surface area contributed by atoms with Crippen LogP contribution in [0.4, 0.5) is 13.2 Å². The molecule has 0 aliphatic heterocycles. The van der Waals surface area contributed by atoms with Gasteiger partial charge < -0.3 is 10.6 Å². The van der Waals surface area contributed by atoms with E-state index in [1.54, 1.807) is 20.0 Å². The van der Waals surface area contributed by atoms with E-state index in [4.69, 9.17) is 0 Å². The minimum absolute atomic E-state index is 0. The fourth-order valence-corrected chi connectivity index (χ4v) is 2.26. The van der Waals surface area contributed by atoms with E-state index in [0.717, 1.165) is 18.6 Å². The molecule has 1 aromatic carbocycles. The molecule has 2 N–H and O–H groups in total. The highest BCUT2D eigenvalue weighted by Crippen LogP contribution is 2.31. The number of rotatable bonds is 7. The van der Waals surface area contributed by atoms with Crippen LogP contribution in [-0.2, 0) is 11.0 Å². The first kappa shape index (κ1) is 21.7. The summed E-state index contributed by atoms with van der Waals surface area (Å²) in [7, 11) is 1.75. The molecule has 0 aliphatic rings. The molecule has 1 rings (SSSR count). The van der Waals surface area contributed by atoms with Crippen molar-refractivity contribution in [2.24, 2.45) is 5.92 Å². The molecule has 3 nitrogen and oxygen atoms in total. The van der Waals surface area contributed by atoms with Crippen molar-refractivity contribution in [2.75, 3.05) is 13.6 Å². The molecule has 0 heterocycles. The molecule has 1 amide bonds. The van der Waals surface area contributed by atoms with E-state index in [2.05, 4.69) is 10.6 Å². The Balaban J connectivity index is 0.00000484. The molecule has 0 spiro atoms. The van der Waals surface area contributed by atoms with Gasteiger partial charge in [0.15, 0.2) is 0 Å². The van der Waals surface area contributed by atoms with Gasteiger partial charge in [-0.1, -0.05) is 32.4 Å². The van der Waals surface area contributed by atoms with Gasteiger partial charge in [0.05, 0.1) is 11.6 Å². The Morgan fingerprint density at radius 1 is 1.30 bits per heavy atom. The first-order valence-electron chi connectivity index (χ1n) is 7.41. The monoisotopic (exact) mass is 352 g/mol. The molecule has 2 atom stereocenters. The van der Waals surface area contributed by atoms with E-state index in [0.29, 0.717) is 18.5 Å². The van der Waals surface area contributed by atoms with E-state index < -0.39 is 17.8 Å². The fourth-order valence-electron chi connectivity index (χ4n) is 2.26. The number of carbonyl (C=O) groups is 1. The molecular formula is C16H24ClF3N2O. The van der Waals surface area contributed by atoms with E-state index >= 15 is 0 Å². The van der Waals surface area contributed by atoms with Crippen LogP contribution in [0.1, 0.15) is 43.9 Å². The van der Waals surface area contributed by atoms with Crippen LogP contribution in [0.2, 0.25) is 0 Å². The average Bonchev–Trinajstić information content (AvgIpc) is 2.46. The summed E-state index contributed by atoms with van der Waals surface area (Å²) in [5, 5.41) is 5.76. The highest BCUT2D eigenvalue weighted by atomic mass is 35.5. The first-order valence-corrected chi connectivity index (χ1v) is 7.41. The normalized spacial score (nSPS) is 13.8. The Morgan fingerprint density at radius 3 is 2.48 bits per heavy atom. The third-order valence-corrected chi connectivity index (χ3v) is 3.47. The van der Waals surface area contributed by atoms with E-state index in [9.17, 15) is 18.0 Å². The lowest BCUT2D eigenvalue weighted by molar-refractivity contribution is -0.137. The molecule has 1 aromatic rings. The van der Waals surface area contributed by atoms with Gasteiger partial charge in [0.2, 0.25) is 5.91 Å². The van der Waals surface area contributed by atoms with Gasteiger partial charge in [0.1, 0.15) is 0 Å². The summed E-state index contributed by atoms with van der Waals surface area (Å²) in [6.07, 6.45) is -3.02. The van der Waals surface area contributed by atoms with E-state index in [1.807, 2.05) is 6.92 Å². The molecule has 0 saturated heterocycles. The predicted octanol–water partition coefficient (Wildman–Crippen LogP) is 3.94. The lowest BCUT2D eigenvalue weighted by Crippen LogP contribution is -2.36. The number of halogens is 4. The molecule has 0 bridgehead atoms. The van der Waals surface area contributed by atoms with Crippen LogP contribution < -0.4 is 10.6 Å². The number of amides is 1. The smallest absolute Gasteiger partial charge is 0.349 e. The molecule has 2 unspecified atom stereocenters. The zero-order chi connectivity index (χ0) is 16.8. The highest BCUT2D eigenvalue weighted by Gasteiger charge is 2.31. The number of benzene rings is 1. The Hall–Kier alpha value is -1.27. The maximum atomic E-state index is 12.8. The van der Waals surface area contributed by atoms with Gasteiger partial charge in [-0.25, -0.2) is 0 Å². The maximum absolute atomic E-state index is 12.8. The van der Waals surface area contributed by atoms with Crippen LogP contribution in [0, 0.1) is 5.92 Å². The minimum atomic E-state index is -4.38. The van der Waals surface area contributed by atoms with Gasteiger partial charge in [-0.05, 0) is 31.2 Å². The topological polar surface area (TPSA) is 41.1 Å². The Morgan fingerprint density at radius 2 is 1.96 bits per heavy atom. The molecule has 0 aromatic heterocycles. The lowest BCUT2D eigenvalue weighted by atomic mass is 9.99. The summed E-state index contributed by atoms with van der Waals surface area (Å²) < 4.78 is 38.4. The van der Waals surface area contributed by atoms with Crippen LogP contribution in [-0.4, -0.2) is 19.5 Å². The van der Waals surface area contributed by atoms with Crippen molar-refractivity contribution in [1.82, 2.24) is 10.6 Å². The minimum Gasteiger partial charge on any atom is -0.349 e. The van der Waals surface area contributed by atoms with Crippen LogP contribution in [0.5, 0.6) is 0 Å². The Bertz CT molecular complexity index is 494. The van der Waals surface area contributed by atoms with Gasteiger partial charge in [-0.15, -0.1) is 12.4 Å². The van der Waals surface area contributed by atoms with Gasteiger partial charge in [0.25, 0.3) is 0 Å². The maximum Gasteiger partial charge on any atom is 0.416 e. The predicted molar refractivity (Wildman–Crippen MR) is 87.6 cm³/mol. The number of nitrogens with one attached hydrogen (secondary N) is 2. The lowest BCUT2D eigenvalue weighted by Gasteiger charge is -2.22. The van der Waals surface area contributed by atoms with Crippen molar-refractivity contribution in [1.29, 1.82) is 0 Å². The third kappa shape index (κ3) is 6.79. The molecule has 7 heteroatoms. The molecule has 0 fully saturated rings. The summed E-state index contributed by atoms with van der Waals surface area (Å²) >= 11 is 0. The summed E-state index contributed by atoms with van der Waals surface area (Å²) in [5.74, 6) is -0.402. The van der Waals surface area contributed by atoms with Gasteiger partial charge >= 0.3 is 6.18 Å². The molecular weight excluding hydrogens is 329 g/mol. The van der Waals surface area contributed by atoms with Crippen LogP contribution in [0.3, 0.4) is 0 Å². The first-order chi connectivity index (χ1) is 10.3.